The molecule has 1 aromatic rings. The lowest BCUT2D eigenvalue weighted by atomic mass is 10.2. The van der Waals surface area contributed by atoms with Gasteiger partial charge in [0.2, 0.25) is 0 Å². The summed E-state index contributed by atoms with van der Waals surface area (Å²) in [6.07, 6.45) is 2.33. The van der Waals surface area contributed by atoms with E-state index in [9.17, 15) is 9.59 Å². The van der Waals surface area contributed by atoms with Crippen molar-refractivity contribution in [2.75, 3.05) is 25.9 Å². The number of nitrogens with zero attached hydrogens (tertiary/aromatic N) is 2. The average molecular weight is 280 g/mol. The van der Waals surface area contributed by atoms with Gasteiger partial charge in [-0.15, -0.1) is 0 Å². The lowest BCUT2D eigenvalue weighted by Gasteiger charge is -2.15. The predicted octanol–water partition coefficient (Wildman–Crippen LogP) is 0.895. The summed E-state index contributed by atoms with van der Waals surface area (Å²) in [5.41, 5.74) is 7.47. The Balaban J connectivity index is 1.94. The largest absolute Gasteiger partial charge is 0.466 e. The molecule has 1 aromatic heterocycles. The van der Waals surface area contributed by atoms with Gasteiger partial charge in [-0.25, -0.2) is 0 Å². The Hall–Kier alpha value is -2.05. The summed E-state index contributed by atoms with van der Waals surface area (Å²) >= 11 is 0. The van der Waals surface area contributed by atoms with Crippen molar-refractivity contribution in [3.05, 3.63) is 11.4 Å². The summed E-state index contributed by atoms with van der Waals surface area (Å²) in [5, 5.41) is 6.85. The summed E-state index contributed by atoms with van der Waals surface area (Å²) in [6, 6.07) is 0. The van der Waals surface area contributed by atoms with Gasteiger partial charge in [-0.3, -0.25) is 14.7 Å². The third-order valence-corrected chi connectivity index (χ3v) is 3.32. The van der Waals surface area contributed by atoms with E-state index in [1.165, 1.54) is 4.90 Å². The first-order chi connectivity index (χ1) is 9.54. The molecule has 1 heterocycles. The first-order valence-corrected chi connectivity index (χ1v) is 6.79. The molecule has 20 heavy (non-hydrogen) atoms. The summed E-state index contributed by atoms with van der Waals surface area (Å²) in [4.78, 5) is 24.9. The minimum absolute atomic E-state index is 0.163. The molecule has 1 amide bonds. The van der Waals surface area contributed by atoms with E-state index < -0.39 is 0 Å². The zero-order valence-electron chi connectivity index (χ0n) is 11.8. The molecule has 0 aromatic carbocycles. The number of nitrogens with one attached hydrogen (secondary N) is 1. The van der Waals surface area contributed by atoms with E-state index in [0.717, 1.165) is 18.5 Å². The van der Waals surface area contributed by atoms with Gasteiger partial charge < -0.3 is 15.4 Å². The number of aromatic nitrogens is 2. The van der Waals surface area contributed by atoms with Gasteiger partial charge in [-0.2, -0.15) is 5.10 Å². The Kier molecular flexibility index (Phi) is 4.26. The topological polar surface area (TPSA) is 101 Å². The van der Waals surface area contributed by atoms with Gasteiger partial charge in [0.15, 0.2) is 5.69 Å². The van der Waals surface area contributed by atoms with E-state index in [1.807, 2.05) is 0 Å². The zero-order chi connectivity index (χ0) is 14.7. The fraction of sp³-hybridized carbons (Fsp3) is 0.615. The number of rotatable bonds is 6. The maximum Gasteiger partial charge on any atom is 0.307 e. The Morgan fingerprint density at radius 2 is 2.20 bits per heavy atom. The number of hydrogen-bond donors (Lipinski definition) is 2. The first-order valence-electron chi connectivity index (χ1n) is 6.79. The van der Waals surface area contributed by atoms with Gasteiger partial charge in [0.05, 0.1) is 24.4 Å². The molecular formula is C13H20N4O3. The van der Waals surface area contributed by atoms with E-state index in [0.29, 0.717) is 18.2 Å². The second kappa shape index (κ2) is 5.94. The van der Waals surface area contributed by atoms with Crippen molar-refractivity contribution < 1.29 is 14.3 Å². The van der Waals surface area contributed by atoms with Crippen molar-refractivity contribution >= 4 is 17.6 Å². The molecule has 7 nitrogen and oxygen atoms in total. The molecule has 0 bridgehead atoms. The van der Waals surface area contributed by atoms with E-state index in [1.54, 1.807) is 14.0 Å². The Labute approximate surface area is 117 Å². The van der Waals surface area contributed by atoms with Crippen LogP contribution in [0.1, 0.15) is 48.3 Å². The van der Waals surface area contributed by atoms with Crippen LogP contribution < -0.4 is 5.73 Å². The van der Waals surface area contributed by atoms with Crippen LogP contribution in [0.15, 0.2) is 0 Å². The van der Waals surface area contributed by atoms with Gasteiger partial charge in [0, 0.05) is 19.5 Å². The quantitative estimate of drug-likeness (QED) is 0.754. The van der Waals surface area contributed by atoms with Crippen LogP contribution in [0.2, 0.25) is 0 Å². The number of carbonyl (C=O) groups excluding carboxylic acids is 2. The smallest absolute Gasteiger partial charge is 0.307 e. The third kappa shape index (κ3) is 3.09. The average Bonchev–Trinajstić information content (AvgIpc) is 3.19. The number of nitrogens with two attached hydrogens (primary N) is 1. The number of amides is 1. The fourth-order valence-corrected chi connectivity index (χ4v) is 1.98. The highest BCUT2D eigenvalue weighted by atomic mass is 16.5. The fourth-order valence-electron chi connectivity index (χ4n) is 1.98. The van der Waals surface area contributed by atoms with Crippen LogP contribution in [0, 0.1) is 0 Å². The molecule has 0 atom stereocenters. The van der Waals surface area contributed by atoms with E-state index >= 15 is 0 Å². The van der Waals surface area contributed by atoms with Crippen LogP contribution in [-0.2, 0) is 9.53 Å². The summed E-state index contributed by atoms with van der Waals surface area (Å²) in [6.45, 7) is 2.37. The zero-order valence-corrected chi connectivity index (χ0v) is 11.8. The van der Waals surface area contributed by atoms with Gasteiger partial charge in [0.25, 0.3) is 5.91 Å². The lowest BCUT2D eigenvalue weighted by Crippen LogP contribution is -2.30. The Bertz CT molecular complexity index is 508. The molecule has 3 N–H and O–H groups in total. The van der Waals surface area contributed by atoms with E-state index in [-0.39, 0.29) is 30.5 Å². The van der Waals surface area contributed by atoms with Gasteiger partial charge in [0.1, 0.15) is 0 Å². The lowest BCUT2D eigenvalue weighted by molar-refractivity contribution is -0.143. The number of nitrogen functional groups attached to an aromatic ring is 1. The normalized spacial score (nSPS) is 14.1. The van der Waals surface area contributed by atoms with Crippen molar-refractivity contribution in [1.29, 1.82) is 0 Å². The minimum Gasteiger partial charge on any atom is -0.466 e. The predicted molar refractivity (Wildman–Crippen MR) is 73.2 cm³/mol. The molecule has 2 rings (SSSR count). The molecule has 1 fully saturated rings. The monoisotopic (exact) mass is 280 g/mol. The molecule has 7 heteroatoms. The number of aromatic amines is 1. The summed E-state index contributed by atoms with van der Waals surface area (Å²) < 4.78 is 4.82. The molecule has 1 aliphatic rings. The Morgan fingerprint density at radius 1 is 1.50 bits per heavy atom. The maximum absolute atomic E-state index is 12.2. The maximum atomic E-state index is 12.2. The Morgan fingerprint density at radius 3 is 2.80 bits per heavy atom. The molecule has 110 valence electrons. The van der Waals surface area contributed by atoms with Crippen molar-refractivity contribution in [2.45, 2.75) is 32.1 Å². The highest BCUT2D eigenvalue weighted by Gasteiger charge is 2.31. The van der Waals surface area contributed by atoms with Crippen LogP contribution >= 0.6 is 0 Å². The van der Waals surface area contributed by atoms with Crippen LogP contribution in [0.3, 0.4) is 0 Å². The summed E-state index contributed by atoms with van der Waals surface area (Å²) in [5.74, 6) is -0.190. The molecule has 0 saturated heterocycles. The first kappa shape index (κ1) is 14.4. The van der Waals surface area contributed by atoms with Crippen molar-refractivity contribution in [1.82, 2.24) is 15.1 Å². The number of hydrogen-bond acceptors (Lipinski definition) is 5. The van der Waals surface area contributed by atoms with Gasteiger partial charge in [-0.1, -0.05) is 0 Å². The number of H-pyrrole nitrogens is 1. The van der Waals surface area contributed by atoms with Crippen LogP contribution in [0.4, 0.5) is 5.69 Å². The second-order valence-corrected chi connectivity index (χ2v) is 4.96. The second-order valence-electron chi connectivity index (χ2n) is 4.96. The molecule has 1 saturated carbocycles. The van der Waals surface area contributed by atoms with Crippen LogP contribution in [-0.4, -0.2) is 47.2 Å². The van der Waals surface area contributed by atoms with Crippen molar-refractivity contribution in [3.8, 4) is 0 Å². The van der Waals surface area contributed by atoms with E-state index in [4.69, 9.17) is 10.5 Å². The van der Waals surface area contributed by atoms with Crippen LogP contribution in [0.5, 0.6) is 0 Å². The molecule has 0 aliphatic heterocycles. The van der Waals surface area contributed by atoms with Gasteiger partial charge >= 0.3 is 5.97 Å². The number of carbonyl (C=O) groups is 2. The SMILES string of the molecule is CCOC(=O)CCN(C)C(=O)c1n[nH]c(C2CC2)c1N. The molecule has 0 radical (unpaired) electrons. The highest BCUT2D eigenvalue weighted by Crippen LogP contribution is 2.42. The van der Waals surface area contributed by atoms with E-state index in [2.05, 4.69) is 10.2 Å². The number of anilines is 1. The van der Waals surface area contributed by atoms with Crippen molar-refractivity contribution in [2.24, 2.45) is 0 Å². The van der Waals surface area contributed by atoms with Gasteiger partial charge in [-0.05, 0) is 19.8 Å². The minimum atomic E-state index is -0.319. The number of ether oxygens (including phenoxy) is 1. The molecular weight excluding hydrogens is 260 g/mol. The van der Waals surface area contributed by atoms with Crippen LogP contribution in [0.25, 0.3) is 0 Å². The number of esters is 1. The highest BCUT2D eigenvalue weighted by molar-refractivity contribution is 5.97. The third-order valence-electron chi connectivity index (χ3n) is 3.32. The van der Waals surface area contributed by atoms with Crippen molar-refractivity contribution in [3.63, 3.8) is 0 Å². The summed E-state index contributed by atoms with van der Waals surface area (Å²) in [7, 11) is 1.62. The molecule has 0 unspecified atom stereocenters. The molecule has 1 aliphatic carbocycles. The molecule has 0 spiro atoms. The standard InChI is InChI=1S/C13H20N4O3/c1-3-20-9(18)6-7-17(2)13(19)12-10(14)11(15-16-12)8-4-5-8/h8H,3-7,14H2,1-2H3,(H,15,16).